The molecular weight excluding hydrogens is 961 g/mol. The smallest absolute Gasteiger partial charge is 0.306 e. The molecule has 0 fully saturated rings. The van der Waals surface area contributed by atoms with Crippen molar-refractivity contribution in [1.82, 2.24) is 0 Å². The lowest BCUT2D eigenvalue weighted by molar-refractivity contribution is -0.166. The summed E-state index contributed by atoms with van der Waals surface area (Å²) in [6, 6.07) is 0. The monoisotopic (exact) mass is 1090 g/mol. The van der Waals surface area contributed by atoms with Crippen LogP contribution in [0.2, 0.25) is 0 Å². The van der Waals surface area contributed by atoms with Crippen LogP contribution in [0.5, 0.6) is 0 Å². The zero-order chi connectivity index (χ0) is 56.4. The minimum atomic E-state index is -0.799. The van der Waals surface area contributed by atoms with Crippen LogP contribution in [0, 0.1) is 0 Å². The Morgan fingerprint density at radius 1 is 0.269 bits per heavy atom. The van der Waals surface area contributed by atoms with E-state index < -0.39 is 6.10 Å². The Balaban J connectivity index is 4.26. The number of allylic oxidation sites excluding steroid dienone is 8. The zero-order valence-electron chi connectivity index (χ0n) is 52.5. The van der Waals surface area contributed by atoms with Crippen LogP contribution < -0.4 is 0 Å². The van der Waals surface area contributed by atoms with E-state index >= 15 is 0 Å². The van der Waals surface area contributed by atoms with Crippen molar-refractivity contribution in [2.45, 2.75) is 380 Å². The maximum absolute atomic E-state index is 12.9. The molecule has 0 aromatic rings. The Morgan fingerprint density at radius 3 is 0.782 bits per heavy atom. The van der Waals surface area contributed by atoms with Gasteiger partial charge >= 0.3 is 17.9 Å². The molecular formula is C72H132O6. The first-order valence-electron chi connectivity index (χ1n) is 34.6. The van der Waals surface area contributed by atoms with E-state index in [1.165, 1.54) is 263 Å². The standard InChI is InChI=1S/C72H132O6/c1-4-7-10-13-16-19-22-25-27-29-31-33-35-37-38-40-42-44-47-50-53-56-59-62-65-71(74)77-68-69(67-76-70(73)64-61-58-55-52-49-46-24-21-18-15-12-9-6-3)78-72(75)66-63-60-57-54-51-48-45-43-41-39-36-34-32-30-28-26-23-20-17-14-11-8-5-2/h9,12,18,21,46,49,55,58,69H,4-8,10-11,13-17,19-20,22-45,47-48,50-54,56-57,59-68H2,1-3H3/b12-9-,21-18-,49-46-,58-55-. The summed E-state index contributed by atoms with van der Waals surface area (Å²) in [6.07, 6.45) is 84.5. The third-order valence-electron chi connectivity index (χ3n) is 15.6. The molecule has 0 saturated carbocycles. The molecule has 1 atom stereocenters. The zero-order valence-corrected chi connectivity index (χ0v) is 52.5. The fourth-order valence-electron chi connectivity index (χ4n) is 10.5. The van der Waals surface area contributed by atoms with E-state index in [-0.39, 0.29) is 37.5 Å². The van der Waals surface area contributed by atoms with E-state index in [2.05, 4.69) is 63.3 Å². The molecule has 0 rings (SSSR count). The van der Waals surface area contributed by atoms with Gasteiger partial charge in [0.2, 0.25) is 0 Å². The Morgan fingerprint density at radius 2 is 0.500 bits per heavy atom. The topological polar surface area (TPSA) is 78.9 Å². The molecule has 0 aliphatic rings. The Labute approximate surface area is 486 Å². The summed E-state index contributed by atoms with van der Waals surface area (Å²) in [5.41, 5.74) is 0. The van der Waals surface area contributed by atoms with E-state index in [1.807, 2.05) is 6.08 Å². The Kier molecular flexibility index (Phi) is 64.6. The van der Waals surface area contributed by atoms with Crippen molar-refractivity contribution >= 4 is 17.9 Å². The number of rotatable bonds is 64. The molecule has 0 aromatic heterocycles. The van der Waals surface area contributed by atoms with Crippen LogP contribution in [-0.4, -0.2) is 37.2 Å². The van der Waals surface area contributed by atoms with Gasteiger partial charge in [-0.1, -0.05) is 358 Å². The molecule has 0 aliphatic carbocycles. The van der Waals surface area contributed by atoms with Gasteiger partial charge < -0.3 is 14.2 Å². The highest BCUT2D eigenvalue weighted by atomic mass is 16.6. The molecule has 1 unspecified atom stereocenters. The quantitative estimate of drug-likeness (QED) is 0.0261. The van der Waals surface area contributed by atoms with Crippen molar-refractivity contribution in [2.24, 2.45) is 0 Å². The number of unbranched alkanes of at least 4 members (excludes halogenated alkanes) is 45. The predicted octanol–water partition coefficient (Wildman–Crippen LogP) is 23.7. The van der Waals surface area contributed by atoms with E-state index in [9.17, 15) is 14.4 Å². The molecule has 456 valence electrons. The first-order valence-corrected chi connectivity index (χ1v) is 34.6. The number of hydrogen-bond donors (Lipinski definition) is 0. The maximum Gasteiger partial charge on any atom is 0.306 e. The van der Waals surface area contributed by atoms with Crippen LogP contribution >= 0.6 is 0 Å². The van der Waals surface area contributed by atoms with Crippen molar-refractivity contribution < 1.29 is 28.6 Å². The van der Waals surface area contributed by atoms with Gasteiger partial charge in [-0.2, -0.15) is 0 Å². The highest BCUT2D eigenvalue weighted by molar-refractivity contribution is 5.71. The van der Waals surface area contributed by atoms with Crippen LogP contribution in [0.3, 0.4) is 0 Å². The SMILES string of the molecule is CC/C=C\C/C=C\C/C=C\C/C=C\CCC(=O)OCC(COC(=O)CCCCCCCCCCCCCCCCCCCCCCCCCC)OC(=O)CCCCCCCCCCCCCCCCCCCCCCCCC. The number of ether oxygens (including phenoxy) is 3. The predicted molar refractivity (Wildman–Crippen MR) is 339 cm³/mol. The van der Waals surface area contributed by atoms with Crippen LogP contribution in [0.25, 0.3) is 0 Å². The summed E-state index contributed by atoms with van der Waals surface area (Å²) >= 11 is 0. The van der Waals surface area contributed by atoms with Crippen molar-refractivity contribution in [3.63, 3.8) is 0 Å². The van der Waals surface area contributed by atoms with Crippen molar-refractivity contribution in [3.8, 4) is 0 Å². The maximum atomic E-state index is 12.9. The van der Waals surface area contributed by atoms with Gasteiger partial charge in [0.1, 0.15) is 13.2 Å². The van der Waals surface area contributed by atoms with Crippen LogP contribution in [0.4, 0.5) is 0 Å². The summed E-state index contributed by atoms with van der Waals surface area (Å²) in [5, 5.41) is 0. The molecule has 0 heterocycles. The first kappa shape index (κ1) is 75.4. The van der Waals surface area contributed by atoms with Gasteiger partial charge in [-0.15, -0.1) is 0 Å². The largest absolute Gasteiger partial charge is 0.462 e. The normalized spacial score (nSPS) is 12.3. The summed E-state index contributed by atoms with van der Waals surface area (Å²) in [5.74, 6) is -0.949. The molecule has 0 radical (unpaired) electrons. The third-order valence-corrected chi connectivity index (χ3v) is 15.6. The lowest BCUT2D eigenvalue weighted by atomic mass is 10.0. The summed E-state index contributed by atoms with van der Waals surface area (Å²) in [4.78, 5) is 38.3. The summed E-state index contributed by atoms with van der Waals surface area (Å²) < 4.78 is 16.9. The van der Waals surface area contributed by atoms with E-state index in [0.29, 0.717) is 19.3 Å². The third kappa shape index (κ3) is 64.2. The lowest BCUT2D eigenvalue weighted by Gasteiger charge is -2.18. The van der Waals surface area contributed by atoms with Gasteiger partial charge in [0.25, 0.3) is 0 Å². The van der Waals surface area contributed by atoms with Gasteiger partial charge in [0.05, 0.1) is 0 Å². The van der Waals surface area contributed by atoms with Crippen LogP contribution in [0.15, 0.2) is 48.6 Å². The molecule has 0 N–H and O–H groups in total. The summed E-state index contributed by atoms with van der Waals surface area (Å²) in [7, 11) is 0. The second-order valence-electron chi connectivity index (χ2n) is 23.4. The molecule has 6 nitrogen and oxygen atoms in total. The molecule has 6 heteroatoms. The first-order chi connectivity index (χ1) is 38.5. The van der Waals surface area contributed by atoms with E-state index in [4.69, 9.17) is 14.2 Å². The van der Waals surface area contributed by atoms with Gasteiger partial charge in [-0.3, -0.25) is 14.4 Å². The number of carbonyl (C=O) groups excluding carboxylic acids is 3. The second kappa shape index (κ2) is 66.9. The summed E-state index contributed by atoms with van der Waals surface area (Å²) in [6.45, 7) is 6.54. The van der Waals surface area contributed by atoms with Crippen molar-refractivity contribution in [3.05, 3.63) is 48.6 Å². The molecule has 0 saturated heterocycles. The van der Waals surface area contributed by atoms with Gasteiger partial charge in [-0.05, 0) is 44.9 Å². The van der Waals surface area contributed by atoms with E-state index in [1.54, 1.807) is 0 Å². The fraction of sp³-hybridized carbons (Fsp3) is 0.847. The van der Waals surface area contributed by atoms with Crippen LogP contribution in [-0.2, 0) is 28.6 Å². The minimum Gasteiger partial charge on any atom is -0.462 e. The average molecular weight is 1090 g/mol. The average Bonchev–Trinajstić information content (AvgIpc) is 3.44. The van der Waals surface area contributed by atoms with Gasteiger partial charge in [0.15, 0.2) is 6.10 Å². The lowest BCUT2D eigenvalue weighted by Crippen LogP contribution is -2.30. The highest BCUT2D eigenvalue weighted by Crippen LogP contribution is 2.19. The number of esters is 3. The molecule has 0 spiro atoms. The Bertz CT molecular complexity index is 1350. The molecule has 78 heavy (non-hydrogen) atoms. The number of hydrogen-bond acceptors (Lipinski definition) is 6. The van der Waals surface area contributed by atoms with Gasteiger partial charge in [0, 0.05) is 19.3 Å². The Hall–Kier alpha value is -2.63. The van der Waals surface area contributed by atoms with Gasteiger partial charge in [-0.25, -0.2) is 0 Å². The molecule has 0 aromatic carbocycles. The molecule has 0 aliphatic heterocycles. The second-order valence-corrected chi connectivity index (χ2v) is 23.4. The fourth-order valence-corrected chi connectivity index (χ4v) is 10.5. The molecule has 0 bridgehead atoms. The van der Waals surface area contributed by atoms with E-state index in [0.717, 1.165) is 64.2 Å². The number of carbonyl (C=O) groups is 3. The van der Waals surface area contributed by atoms with Crippen molar-refractivity contribution in [2.75, 3.05) is 13.2 Å². The minimum absolute atomic E-state index is 0.0898. The van der Waals surface area contributed by atoms with Crippen LogP contribution in [0.1, 0.15) is 374 Å². The highest BCUT2D eigenvalue weighted by Gasteiger charge is 2.19. The van der Waals surface area contributed by atoms with Crippen molar-refractivity contribution in [1.29, 1.82) is 0 Å². The molecule has 0 amide bonds.